The molecule has 0 amide bonds. The van der Waals surface area contributed by atoms with Crippen LogP contribution < -0.4 is 42.3 Å². The Bertz CT molecular complexity index is 4600. The van der Waals surface area contributed by atoms with Crippen LogP contribution in [0.3, 0.4) is 0 Å². The summed E-state index contributed by atoms with van der Waals surface area (Å²) in [6.07, 6.45) is 23.0. The standard InChI is InChI=1S/2C21H27N3S2.C15H21N3O2S.C15H23N3S.C8H8N2O2S.C7H14ClN.C6H7NS2.2C2H6O.HI.H4N2.H2O/c2*1-23-9-2-4-17(23)8-10-24-11-13-26-21-15-16(6-7-19(21)24)14-18(22)20-5-3-12-25-20;1-16-7-2-3-12(16)6-8-17-9-10-21-15-11-13(18(19)20)4-5-14(15)17;1-17-7-2-3-13(17)6-8-18-9-10-19-15-11-12(16)4-5-14(15)18;11-10(12)6-1-2-7-8(5-6)13-4-3-9-7;1-9-6-2-3-7(9)4-5-8;1-8-6(7)5-3-2-4-9-5;2*1-2-3;;1-2;/h2*3,5-7,12,15,17,22H,2,4,8-11,13-14H2,1H3;4-5,11-12H,2-3,6-10H2,1H3;4-5,11,13H,2-3,6-10,16H2,1H3;1-2,5,9H,3-4H2;7H,2-6H2,1H3;2-4,7H,1H3;2*3H,2H2,1H3;1H;1-2H2;1H2. The fourth-order valence-corrected chi connectivity index (χ4v) is 25.9. The molecule has 10 aliphatic rings. The van der Waals surface area contributed by atoms with E-state index in [1.54, 1.807) is 95.6 Å². The average Bonchev–Trinajstić information content (AvgIpc) is 1.42. The highest BCUT2D eigenvalue weighted by Crippen LogP contribution is 2.42. The van der Waals surface area contributed by atoms with Crippen LogP contribution in [0.1, 0.15) is 136 Å². The van der Waals surface area contributed by atoms with Crippen LogP contribution in [0.2, 0.25) is 0 Å². The van der Waals surface area contributed by atoms with Gasteiger partial charge in [0.15, 0.2) is 0 Å². The second-order valence-corrected chi connectivity index (χ2v) is 43.4. The van der Waals surface area contributed by atoms with E-state index in [0.717, 1.165) is 166 Å². The lowest BCUT2D eigenvalue weighted by molar-refractivity contribution is -0.385. The van der Waals surface area contributed by atoms with Gasteiger partial charge in [-0.3, -0.25) is 37.3 Å². The molecule has 0 saturated carbocycles. The van der Waals surface area contributed by atoms with Crippen LogP contribution >= 0.6 is 140 Å². The molecule has 734 valence electrons. The molecule has 0 bridgehead atoms. The minimum atomic E-state index is -0.366. The third-order valence-corrected chi connectivity index (χ3v) is 33.8. The van der Waals surface area contributed by atoms with Gasteiger partial charge in [0.2, 0.25) is 0 Å². The highest BCUT2D eigenvalue weighted by molar-refractivity contribution is 14.0. The number of nitro groups is 2. The molecule has 5 atom stereocenters. The minimum Gasteiger partial charge on any atom is -0.412 e. The molecule has 8 aromatic rings. The number of benzene rings is 5. The number of halogens is 2. The summed E-state index contributed by atoms with van der Waals surface area (Å²) in [6, 6.07) is 46.0. The fourth-order valence-electron chi connectivity index (χ4n) is 17.8. The number of likely N-dealkylation sites (tertiary alicyclic amines) is 5. The molecule has 13 heterocycles. The number of non-ortho nitro benzene ring substituents is 2. The first-order chi connectivity index (χ1) is 63.6. The molecule has 14 N–H and O–H groups in total. The highest BCUT2D eigenvalue weighted by Gasteiger charge is 2.30. The summed E-state index contributed by atoms with van der Waals surface area (Å²) in [5.41, 5.74) is 17.4. The Morgan fingerprint density at radius 2 is 0.774 bits per heavy atom. The Hall–Kier alpha value is -5.47. The number of thiophene rings is 3. The first-order valence-electron chi connectivity index (χ1n) is 46.2. The summed E-state index contributed by atoms with van der Waals surface area (Å²) in [7, 11) is 11.2. The van der Waals surface area contributed by atoms with Gasteiger partial charge in [-0.05, 0) is 284 Å². The smallest absolute Gasteiger partial charge is 0.270 e. The molecule has 5 unspecified atom stereocenters. The number of hydrogen-bond donors (Lipinski definition) is 9. The second kappa shape index (κ2) is 62.6. The van der Waals surface area contributed by atoms with Crippen LogP contribution in [0.5, 0.6) is 0 Å². The lowest BCUT2D eigenvalue weighted by Crippen LogP contribution is -2.34. The SMILES string of the molecule is CCO.CCO.CN1CCCC1CCCl.CN1CCCC1CCN1CCSc2cc(CC(=N)c3cccs3)ccc21.CN1CCCC1CCN1CCSc2cc(CC(=N)c3cccs3)ccc21.CN1CCCC1CCN1CCSc2cc(N)ccc21.CN1CCCC1CCN1CCSc2cc([N+](=O)[O-])ccc21.CSC(=N)c1cccs1.I.NN.O.O=[N+]([O-])c1ccc2c(c1)SCCN2. The number of rotatable bonds is 23. The second-order valence-electron chi connectivity index (χ2n) is 33.7. The van der Waals surface area contributed by atoms with Crippen molar-refractivity contribution in [2.24, 2.45) is 11.7 Å². The first-order valence-corrected chi connectivity index (χ1v) is 55.5. The van der Waals surface area contributed by atoms with E-state index in [9.17, 15) is 20.2 Å². The molecule has 0 spiro atoms. The van der Waals surface area contributed by atoms with Gasteiger partial charge in [0.25, 0.3) is 11.4 Å². The zero-order valence-corrected chi connectivity index (χ0v) is 89.4. The summed E-state index contributed by atoms with van der Waals surface area (Å²) < 4.78 is 0. The van der Waals surface area contributed by atoms with Crippen molar-refractivity contribution in [2.45, 2.75) is 178 Å². The number of aliphatic hydroxyl groups excluding tert-OH is 2. The van der Waals surface area contributed by atoms with Crippen LogP contribution in [-0.4, -0.2) is 278 Å². The Morgan fingerprint density at radius 1 is 0.459 bits per heavy atom. The van der Waals surface area contributed by atoms with Gasteiger partial charge >= 0.3 is 0 Å². The zero-order chi connectivity index (χ0) is 94.0. The minimum absolute atomic E-state index is 0. The summed E-state index contributed by atoms with van der Waals surface area (Å²) in [4.78, 5) is 52.6. The number of hydrogen-bond acceptors (Lipinski definition) is 31. The van der Waals surface area contributed by atoms with Gasteiger partial charge in [0, 0.05) is 220 Å². The summed E-state index contributed by atoms with van der Waals surface area (Å²) in [6.45, 7) is 20.1. The van der Waals surface area contributed by atoms with Gasteiger partial charge in [-0.25, -0.2) is 0 Å². The molecule has 133 heavy (non-hydrogen) atoms. The molecule has 5 saturated heterocycles. The number of aliphatic hydroxyl groups is 2. The molecule has 3 aromatic heterocycles. The number of nitrogens with one attached hydrogen (secondary N) is 4. The molecule has 5 fully saturated rings. The van der Waals surface area contributed by atoms with Crippen molar-refractivity contribution >= 4 is 202 Å². The predicted octanol–water partition coefficient (Wildman–Crippen LogP) is 20.0. The van der Waals surface area contributed by atoms with E-state index in [1.807, 2.05) is 106 Å². The molecule has 5 aromatic carbocycles. The molecule has 25 nitrogen and oxygen atoms in total. The summed E-state index contributed by atoms with van der Waals surface area (Å²) in [5.74, 6) is 14.3. The third kappa shape index (κ3) is 36.9. The van der Waals surface area contributed by atoms with E-state index in [4.69, 9.17) is 43.8 Å². The molecule has 10 aliphatic heterocycles. The van der Waals surface area contributed by atoms with Gasteiger partial charge in [0.1, 0.15) is 5.04 Å². The topological polar surface area (TPSA) is 349 Å². The maximum atomic E-state index is 10.9. The average molecular weight is 2130 g/mol. The summed E-state index contributed by atoms with van der Waals surface area (Å²) >= 11 is 21.3. The molecule has 0 radical (unpaired) electrons. The monoisotopic (exact) mass is 2120 g/mol. The third-order valence-electron chi connectivity index (χ3n) is 25.0. The number of hydrazine groups is 1. The maximum Gasteiger partial charge on any atom is 0.270 e. The number of nitrogens with zero attached hydrogens (tertiary/aromatic N) is 11. The van der Waals surface area contributed by atoms with Crippen molar-refractivity contribution in [3.63, 3.8) is 0 Å². The number of alkyl halides is 1. The lowest BCUT2D eigenvalue weighted by Gasteiger charge is -2.33. The number of nitro benzene ring substituents is 2. The van der Waals surface area contributed by atoms with Crippen molar-refractivity contribution in [2.75, 3.05) is 212 Å². The molecule has 18 rings (SSSR count). The Morgan fingerprint density at radius 3 is 1.11 bits per heavy atom. The normalized spacial score (nSPS) is 19.2. The lowest BCUT2D eigenvalue weighted by atomic mass is 10.1. The van der Waals surface area contributed by atoms with Gasteiger partial charge in [-0.2, -0.15) is 0 Å². The Labute approximate surface area is 851 Å². The molecule has 36 heteroatoms. The fraction of sp³-hybridized carbons (Fsp3) is 0.536. The quantitative estimate of drug-likeness (QED) is 0.00420. The van der Waals surface area contributed by atoms with Crippen molar-refractivity contribution < 1.29 is 25.5 Å². The number of nitrogen functional groups attached to an aromatic ring is 1. The Balaban J connectivity index is 0.000000214. The Kier molecular flexibility index (Phi) is 53.9. The van der Waals surface area contributed by atoms with Crippen LogP contribution in [0, 0.1) is 36.5 Å². The van der Waals surface area contributed by atoms with Crippen LogP contribution in [0.4, 0.5) is 45.5 Å². The van der Waals surface area contributed by atoms with Gasteiger partial charge in [-0.15, -0.1) is 140 Å². The predicted molar refractivity (Wildman–Crippen MR) is 590 cm³/mol. The number of thioether (sulfide) groups is 6. The van der Waals surface area contributed by atoms with E-state index < -0.39 is 0 Å². The maximum absolute atomic E-state index is 10.9. The number of nitrogens with two attached hydrogens (primary N) is 3. The van der Waals surface area contributed by atoms with E-state index in [1.165, 1.54) is 207 Å². The molecule has 0 aliphatic carbocycles. The highest BCUT2D eigenvalue weighted by atomic mass is 127. The number of anilines is 6. The van der Waals surface area contributed by atoms with Crippen molar-refractivity contribution in [1.29, 1.82) is 16.2 Å². The van der Waals surface area contributed by atoms with Gasteiger partial charge in [-0.1, -0.05) is 30.3 Å². The van der Waals surface area contributed by atoms with E-state index in [2.05, 4.69) is 145 Å². The van der Waals surface area contributed by atoms with Crippen molar-refractivity contribution in [3.8, 4) is 0 Å². The van der Waals surface area contributed by atoms with Gasteiger partial charge < -0.3 is 81.7 Å². The van der Waals surface area contributed by atoms with Crippen molar-refractivity contribution in [1.82, 2.24) is 24.5 Å². The first kappa shape index (κ1) is 115. The van der Waals surface area contributed by atoms with E-state index >= 15 is 0 Å². The largest absolute Gasteiger partial charge is 0.412 e. The van der Waals surface area contributed by atoms with Gasteiger partial charge in [0.05, 0.1) is 48.9 Å². The molecular weight excluding hydrogens is 1980 g/mol. The number of fused-ring (bicyclic) bond motifs is 5. The van der Waals surface area contributed by atoms with Crippen LogP contribution in [0.25, 0.3) is 0 Å². The van der Waals surface area contributed by atoms with Crippen LogP contribution in [0.15, 0.2) is 168 Å². The zero-order valence-electron chi connectivity index (χ0n) is 79.0. The summed E-state index contributed by atoms with van der Waals surface area (Å²) in [5, 5.41) is 70.4. The molecular formula is C97H146ClIN18O7S9. The van der Waals surface area contributed by atoms with E-state index in [0.29, 0.717) is 11.1 Å². The van der Waals surface area contributed by atoms with E-state index in [-0.39, 0.29) is 63.9 Å². The van der Waals surface area contributed by atoms with Crippen molar-refractivity contribution in [3.05, 3.63) is 190 Å². The van der Waals surface area contributed by atoms with Crippen LogP contribution in [-0.2, 0) is 12.8 Å².